The second kappa shape index (κ2) is 5.85. The van der Waals surface area contributed by atoms with Crippen LogP contribution >= 0.6 is 0 Å². The molecule has 0 aliphatic carbocycles. The molecule has 1 aromatic rings. The summed E-state index contributed by atoms with van der Waals surface area (Å²) >= 11 is 0. The third-order valence-corrected chi connectivity index (χ3v) is 1.99. The first-order chi connectivity index (χ1) is 7.65. The number of aryl methyl sites for hydroxylation is 1. The molecule has 86 valence electrons. The fourth-order valence-electron chi connectivity index (χ4n) is 1.29. The largest absolute Gasteiger partial charge is 0.478 e. The van der Waals surface area contributed by atoms with Crippen molar-refractivity contribution in [2.45, 2.75) is 19.8 Å². The van der Waals surface area contributed by atoms with Gasteiger partial charge in [0.15, 0.2) is 0 Å². The van der Waals surface area contributed by atoms with Crippen LogP contribution in [-0.2, 0) is 16.0 Å². The maximum absolute atomic E-state index is 11.1. The summed E-state index contributed by atoms with van der Waals surface area (Å²) in [6, 6.07) is 3.02. The first kappa shape index (κ1) is 12.2. The van der Waals surface area contributed by atoms with Gasteiger partial charge >= 0.3 is 11.9 Å². The monoisotopic (exact) mass is 223 g/mol. The zero-order chi connectivity index (χ0) is 12.0. The number of carboxylic acids is 1. The molecule has 0 atom stereocenters. The van der Waals surface area contributed by atoms with Crippen LogP contribution in [0.1, 0.15) is 29.4 Å². The molecule has 0 saturated heterocycles. The van der Waals surface area contributed by atoms with E-state index in [1.165, 1.54) is 12.3 Å². The minimum Gasteiger partial charge on any atom is -0.478 e. The number of esters is 1. The topological polar surface area (TPSA) is 76.5 Å². The Bertz CT molecular complexity index is 389. The van der Waals surface area contributed by atoms with Crippen molar-refractivity contribution in [2.24, 2.45) is 0 Å². The molecular weight excluding hydrogens is 210 g/mol. The number of hydrogen-bond donors (Lipinski definition) is 1. The number of rotatable bonds is 5. The molecule has 1 rings (SSSR count). The number of carbonyl (C=O) groups is 2. The second-order valence-corrected chi connectivity index (χ2v) is 3.11. The summed E-state index contributed by atoms with van der Waals surface area (Å²) in [5.41, 5.74) is 0.537. The van der Waals surface area contributed by atoms with Crippen molar-refractivity contribution in [2.75, 3.05) is 6.61 Å². The molecule has 16 heavy (non-hydrogen) atoms. The van der Waals surface area contributed by atoms with E-state index in [2.05, 4.69) is 4.98 Å². The summed E-state index contributed by atoms with van der Waals surface area (Å²) in [4.78, 5) is 25.9. The van der Waals surface area contributed by atoms with E-state index in [1.807, 2.05) is 0 Å². The Balaban J connectivity index is 2.66. The molecule has 0 aliphatic heterocycles. The zero-order valence-electron chi connectivity index (χ0n) is 8.97. The van der Waals surface area contributed by atoms with Gasteiger partial charge in [-0.2, -0.15) is 0 Å². The highest BCUT2D eigenvalue weighted by molar-refractivity contribution is 5.88. The van der Waals surface area contributed by atoms with Crippen molar-refractivity contribution in [3.05, 3.63) is 29.6 Å². The summed E-state index contributed by atoms with van der Waals surface area (Å²) in [7, 11) is 0. The molecule has 1 N–H and O–H groups in total. The van der Waals surface area contributed by atoms with Gasteiger partial charge < -0.3 is 9.84 Å². The Hall–Kier alpha value is -1.91. The van der Waals surface area contributed by atoms with Crippen LogP contribution in [0, 0.1) is 0 Å². The van der Waals surface area contributed by atoms with Crippen molar-refractivity contribution in [1.82, 2.24) is 4.98 Å². The standard InChI is InChI=1S/C11H13NO4/c1-2-16-10(13)6-5-9-8(11(14)15)4-3-7-12-9/h3-4,7H,2,5-6H2,1H3,(H,14,15). The van der Waals surface area contributed by atoms with E-state index in [-0.39, 0.29) is 24.4 Å². The lowest BCUT2D eigenvalue weighted by Crippen LogP contribution is -2.09. The first-order valence-corrected chi connectivity index (χ1v) is 4.98. The van der Waals surface area contributed by atoms with E-state index >= 15 is 0 Å². The molecule has 0 saturated carbocycles. The lowest BCUT2D eigenvalue weighted by atomic mass is 10.1. The van der Waals surface area contributed by atoms with Gasteiger partial charge in [-0.15, -0.1) is 0 Å². The molecule has 0 fully saturated rings. The highest BCUT2D eigenvalue weighted by atomic mass is 16.5. The van der Waals surface area contributed by atoms with Crippen LogP contribution in [0.5, 0.6) is 0 Å². The summed E-state index contributed by atoms with van der Waals surface area (Å²) in [6.07, 6.45) is 1.93. The minimum atomic E-state index is -1.04. The minimum absolute atomic E-state index is 0.131. The van der Waals surface area contributed by atoms with Crippen molar-refractivity contribution in [3.8, 4) is 0 Å². The van der Waals surface area contributed by atoms with Gasteiger partial charge in [0.25, 0.3) is 0 Å². The average molecular weight is 223 g/mol. The fraction of sp³-hybridized carbons (Fsp3) is 0.364. The zero-order valence-corrected chi connectivity index (χ0v) is 8.97. The molecule has 1 aromatic heterocycles. The fourth-order valence-corrected chi connectivity index (χ4v) is 1.29. The summed E-state index contributed by atoms with van der Waals surface area (Å²) in [5, 5.41) is 8.88. The molecule has 0 spiro atoms. The highest BCUT2D eigenvalue weighted by Crippen LogP contribution is 2.08. The third-order valence-electron chi connectivity index (χ3n) is 1.99. The van der Waals surface area contributed by atoms with Crippen molar-refractivity contribution < 1.29 is 19.4 Å². The van der Waals surface area contributed by atoms with E-state index in [0.717, 1.165) is 0 Å². The van der Waals surface area contributed by atoms with Gasteiger partial charge in [-0.25, -0.2) is 4.79 Å². The van der Waals surface area contributed by atoms with Crippen LogP contribution in [0.3, 0.4) is 0 Å². The van der Waals surface area contributed by atoms with E-state index in [0.29, 0.717) is 12.3 Å². The predicted molar refractivity (Wildman–Crippen MR) is 56.2 cm³/mol. The summed E-state index contributed by atoms with van der Waals surface area (Å²) in [5.74, 6) is -1.38. The van der Waals surface area contributed by atoms with Crippen LogP contribution in [0.25, 0.3) is 0 Å². The molecule has 5 nitrogen and oxygen atoms in total. The van der Waals surface area contributed by atoms with E-state index < -0.39 is 5.97 Å². The van der Waals surface area contributed by atoms with Gasteiger partial charge in [-0.05, 0) is 19.1 Å². The Morgan fingerprint density at radius 2 is 2.25 bits per heavy atom. The molecule has 0 radical (unpaired) electrons. The number of hydrogen-bond acceptors (Lipinski definition) is 4. The van der Waals surface area contributed by atoms with Gasteiger partial charge in [0.1, 0.15) is 0 Å². The molecule has 0 amide bonds. The molecule has 0 unspecified atom stereocenters. The quantitative estimate of drug-likeness (QED) is 0.761. The lowest BCUT2D eigenvalue weighted by molar-refractivity contribution is -0.143. The van der Waals surface area contributed by atoms with Crippen LogP contribution in [0.15, 0.2) is 18.3 Å². The lowest BCUT2D eigenvalue weighted by Gasteiger charge is -2.04. The maximum Gasteiger partial charge on any atom is 0.337 e. The van der Waals surface area contributed by atoms with Crippen molar-refractivity contribution in [1.29, 1.82) is 0 Å². The van der Waals surface area contributed by atoms with Gasteiger partial charge in [-0.1, -0.05) is 0 Å². The number of pyridine rings is 1. The number of aromatic carboxylic acids is 1. The molecular formula is C11H13NO4. The normalized spacial score (nSPS) is 9.81. The molecule has 5 heteroatoms. The van der Waals surface area contributed by atoms with Gasteiger partial charge in [0.05, 0.1) is 24.3 Å². The number of carboxylic acid groups (broad SMARTS) is 1. The Morgan fingerprint density at radius 1 is 1.50 bits per heavy atom. The number of nitrogens with zero attached hydrogens (tertiary/aromatic N) is 1. The summed E-state index contributed by atoms with van der Waals surface area (Å²) in [6.45, 7) is 2.05. The van der Waals surface area contributed by atoms with E-state index in [1.54, 1.807) is 13.0 Å². The van der Waals surface area contributed by atoms with Gasteiger partial charge in [-0.3, -0.25) is 9.78 Å². The van der Waals surface area contributed by atoms with Crippen LogP contribution in [0.4, 0.5) is 0 Å². The first-order valence-electron chi connectivity index (χ1n) is 4.98. The smallest absolute Gasteiger partial charge is 0.337 e. The highest BCUT2D eigenvalue weighted by Gasteiger charge is 2.12. The average Bonchev–Trinajstić information content (AvgIpc) is 2.27. The van der Waals surface area contributed by atoms with Crippen LogP contribution in [0.2, 0.25) is 0 Å². The summed E-state index contributed by atoms with van der Waals surface area (Å²) < 4.78 is 4.75. The molecule has 0 bridgehead atoms. The van der Waals surface area contributed by atoms with Crippen molar-refractivity contribution in [3.63, 3.8) is 0 Å². The van der Waals surface area contributed by atoms with Gasteiger partial charge in [0, 0.05) is 12.6 Å². The van der Waals surface area contributed by atoms with Crippen molar-refractivity contribution >= 4 is 11.9 Å². The Morgan fingerprint density at radius 3 is 2.88 bits per heavy atom. The molecule has 1 heterocycles. The van der Waals surface area contributed by atoms with E-state index in [9.17, 15) is 9.59 Å². The Labute approximate surface area is 93.1 Å². The van der Waals surface area contributed by atoms with E-state index in [4.69, 9.17) is 9.84 Å². The van der Waals surface area contributed by atoms with Gasteiger partial charge in [0.2, 0.25) is 0 Å². The van der Waals surface area contributed by atoms with Crippen LogP contribution < -0.4 is 0 Å². The molecule has 0 aromatic carbocycles. The number of ether oxygens (including phenoxy) is 1. The SMILES string of the molecule is CCOC(=O)CCc1ncccc1C(=O)O. The predicted octanol–water partition coefficient (Wildman–Crippen LogP) is 1.28. The molecule has 0 aliphatic rings. The number of aromatic nitrogens is 1. The number of carbonyl (C=O) groups excluding carboxylic acids is 1. The van der Waals surface area contributed by atoms with Crippen LogP contribution in [-0.4, -0.2) is 28.6 Å². The maximum atomic E-state index is 11.1. The Kier molecular flexibility index (Phi) is 4.44. The second-order valence-electron chi connectivity index (χ2n) is 3.11. The third kappa shape index (κ3) is 3.34.